The van der Waals surface area contributed by atoms with Crippen molar-refractivity contribution < 1.29 is 9.53 Å². The molecule has 5 aliphatic heterocycles. The molecule has 0 amide bonds. The molecule has 0 bridgehead atoms. The third kappa shape index (κ3) is 9.30. The first-order chi connectivity index (χ1) is 31.9. The average Bonchev–Trinajstić information content (AvgIpc) is 3.65. The Bertz CT molecular complexity index is 2200. The van der Waals surface area contributed by atoms with E-state index >= 15 is 0 Å². The van der Waals surface area contributed by atoms with Gasteiger partial charge in [-0.05, 0) is 189 Å². The van der Waals surface area contributed by atoms with E-state index in [9.17, 15) is 4.79 Å². The van der Waals surface area contributed by atoms with Gasteiger partial charge in [-0.25, -0.2) is 4.79 Å². The number of esters is 1. The van der Waals surface area contributed by atoms with E-state index in [1.54, 1.807) is 0 Å². The maximum atomic E-state index is 14.4. The Hall–Kier alpha value is -5.95. The molecule has 10 rings (SSSR count). The smallest absolute Gasteiger partial charge is 0.340 e. The minimum Gasteiger partial charge on any atom is -0.442 e. The predicted molar refractivity (Wildman–Crippen MR) is 272 cm³/mol. The summed E-state index contributed by atoms with van der Waals surface area (Å²) in [6.07, 6.45) is 19.6. The Morgan fingerprint density at radius 1 is 0.446 bits per heavy atom. The van der Waals surface area contributed by atoms with Crippen LogP contribution >= 0.6 is 0 Å². The van der Waals surface area contributed by atoms with E-state index in [0.29, 0.717) is 5.56 Å². The normalized spacial score (nSPS) is 18.5. The molecular formula is C58H67N5O2. The molecule has 7 nitrogen and oxygen atoms in total. The monoisotopic (exact) mass is 866 g/mol. The summed E-state index contributed by atoms with van der Waals surface area (Å²) in [5, 5.41) is 0. The summed E-state index contributed by atoms with van der Waals surface area (Å²) in [4.78, 5) is 26.6. The molecule has 4 fully saturated rings. The van der Waals surface area contributed by atoms with Crippen LogP contribution in [-0.4, -0.2) is 72.4 Å². The Balaban J connectivity index is 1.16. The molecule has 0 aliphatic carbocycles. The van der Waals surface area contributed by atoms with Gasteiger partial charge in [0, 0.05) is 100 Å². The molecule has 5 aromatic rings. The van der Waals surface area contributed by atoms with E-state index in [-0.39, 0.29) is 5.97 Å². The maximum Gasteiger partial charge on any atom is 0.340 e. The fraction of sp³-hybridized carbons (Fsp3) is 0.397. The molecule has 0 aromatic heterocycles. The first-order valence-electron chi connectivity index (χ1n) is 24.8. The molecule has 336 valence electrons. The molecule has 0 radical (unpaired) electrons. The Morgan fingerprint density at radius 3 is 1.05 bits per heavy atom. The van der Waals surface area contributed by atoms with E-state index in [0.717, 1.165) is 97.0 Å². The third-order valence-electron chi connectivity index (χ3n) is 14.7. The fourth-order valence-corrected chi connectivity index (χ4v) is 10.9. The molecule has 5 aliphatic rings. The Morgan fingerprint density at radius 2 is 0.754 bits per heavy atom. The minimum atomic E-state index is -1.24. The lowest BCUT2D eigenvalue weighted by atomic mass is 9.82. The molecule has 0 atom stereocenters. The van der Waals surface area contributed by atoms with Crippen molar-refractivity contribution >= 4 is 45.6 Å². The summed E-state index contributed by atoms with van der Waals surface area (Å²) >= 11 is 0. The van der Waals surface area contributed by atoms with Gasteiger partial charge in [0.2, 0.25) is 0 Å². The van der Waals surface area contributed by atoms with Crippen LogP contribution in [0.5, 0.6) is 0 Å². The number of ether oxygens (including phenoxy) is 1. The molecule has 0 saturated carbocycles. The van der Waals surface area contributed by atoms with Gasteiger partial charge >= 0.3 is 5.97 Å². The summed E-state index contributed by atoms with van der Waals surface area (Å²) in [6, 6.07) is 42.7. The highest BCUT2D eigenvalue weighted by Gasteiger charge is 2.44. The van der Waals surface area contributed by atoms with Crippen molar-refractivity contribution in [3.05, 3.63) is 161 Å². The van der Waals surface area contributed by atoms with Crippen LogP contribution in [0.15, 0.2) is 127 Å². The van der Waals surface area contributed by atoms with Crippen LogP contribution in [0.3, 0.4) is 0 Å². The van der Waals surface area contributed by atoms with Crippen molar-refractivity contribution in [3.63, 3.8) is 0 Å². The van der Waals surface area contributed by atoms with Gasteiger partial charge in [0.25, 0.3) is 0 Å². The summed E-state index contributed by atoms with van der Waals surface area (Å²) < 4.78 is 6.93. The maximum absolute atomic E-state index is 14.4. The number of hydrogen-bond donors (Lipinski definition) is 0. The summed E-state index contributed by atoms with van der Waals surface area (Å²) in [7, 11) is 4.12. The number of piperidine rings is 4. The first kappa shape index (κ1) is 43.0. The van der Waals surface area contributed by atoms with Crippen molar-refractivity contribution in [3.8, 4) is 0 Å². The van der Waals surface area contributed by atoms with Crippen LogP contribution in [0, 0.1) is 0 Å². The molecule has 4 saturated heterocycles. The molecule has 5 heterocycles. The van der Waals surface area contributed by atoms with Crippen molar-refractivity contribution in [2.75, 3.05) is 91.0 Å². The second-order valence-corrected chi connectivity index (χ2v) is 19.3. The average molecular weight is 866 g/mol. The van der Waals surface area contributed by atoms with Crippen LogP contribution in [0.1, 0.15) is 115 Å². The number of carbonyl (C=O) groups excluding carboxylic acids is 1. The van der Waals surface area contributed by atoms with Crippen molar-refractivity contribution in [1.29, 1.82) is 0 Å². The highest BCUT2D eigenvalue weighted by molar-refractivity contribution is 5.98. The SMILES string of the molecule is CN(C)c1ccc2c(c1)C(C=C(c1ccc(N3CCCCC3)cc1)c1ccc(N3CCCCC3)cc1)(C=C(c1ccc(N3CCCCC3)cc1)c1ccc(N3CCCCC3)cc1)OC2=O. The largest absolute Gasteiger partial charge is 0.442 e. The predicted octanol–water partition coefficient (Wildman–Crippen LogP) is 12.3. The van der Waals surface area contributed by atoms with Gasteiger partial charge in [0.1, 0.15) is 0 Å². The van der Waals surface area contributed by atoms with E-state index in [1.807, 2.05) is 12.1 Å². The third-order valence-corrected chi connectivity index (χ3v) is 14.7. The van der Waals surface area contributed by atoms with Crippen molar-refractivity contribution in [2.45, 2.75) is 82.7 Å². The lowest BCUT2D eigenvalue weighted by Gasteiger charge is -2.30. The molecule has 0 N–H and O–H groups in total. The molecule has 0 unspecified atom stereocenters. The van der Waals surface area contributed by atoms with E-state index < -0.39 is 5.60 Å². The minimum absolute atomic E-state index is 0.307. The molecular weight excluding hydrogens is 799 g/mol. The van der Waals surface area contributed by atoms with Crippen LogP contribution in [0.4, 0.5) is 28.4 Å². The summed E-state index contributed by atoms with van der Waals surface area (Å²) in [5.74, 6) is -0.307. The quantitative estimate of drug-likeness (QED) is 0.123. The lowest BCUT2D eigenvalue weighted by molar-refractivity contribution is 0.0299. The molecule has 5 aromatic carbocycles. The molecule has 0 spiro atoms. The Kier molecular flexibility index (Phi) is 12.7. The summed E-state index contributed by atoms with van der Waals surface area (Å²) in [5.41, 5.74) is 12.7. The molecule has 65 heavy (non-hydrogen) atoms. The van der Waals surface area contributed by atoms with Crippen molar-refractivity contribution in [2.24, 2.45) is 0 Å². The van der Waals surface area contributed by atoms with Gasteiger partial charge < -0.3 is 29.2 Å². The highest BCUT2D eigenvalue weighted by atomic mass is 16.6. The zero-order chi connectivity index (χ0) is 44.2. The first-order valence-corrected chi connectivity index (χ1v) is 24.8. The number of rotatable bonds is 11. The van der Waals surface area contributed by atoms with Gasteiger partial charge in [0.15, 0.2) is 5.60 Å². The van der Waals surface area contributed by atoms with Gasteiger partial charge in [-0.3, -0.25) is 0 Å². The molecule has 7 heteroatoms. The van der Waals surface area contributed by atoms with Gasteiger partial charge in [-0.15, -0.1) is 0 Å². The zero-order valence-corrected chi connectivity index (χ0v) is 38.8. The number of cyclic esters (lactones) is 1. The number of carbonyl (C=O) groups is 1. The number of fused-ring (bicyclic) bond motifs is 1. The standard InChI is InChI=1S/C58H67N5O2/c1-59(2)52-31-32-53-56(41-52)58(65-57(53)64,42-54(44-15-23-48(24-16-44)60-33-7-3-8-34-60)45-17-25-49(26-18-45)61-35-9-4-10-36-61)43-55(46-19-27-50(28-20-46)62-37-11-5-12-38-62)47-21-29-51(30-22-47)63-39-13-6-14-40-63/h15-32,41-43H,3-14,33-40H2,1-2H3. The van der Waals surface area contributed by atoms with E-state index in [1.165, 1.54) is 99.8 Å². The van der Waals surface area contributed by atoms with Gasteiger partial charge in [0.05, 0.1) is 5.56 Å². The van der Waals surface area contributed by atoms with E-state index in [2.05, 4.69) is 154 Å². The zero-order valence-electron chi connectivity index (χ0n) is 38.8. The van der Waals surface area contributed by atoms with Crippen LogP contribution in [0.25, 0.3) is 11.1 Å². The Labute approximate surface area is 388 Å². The number of hydrogen-bond acceptors (Lipinski definition) is 7. The van der Waals surface area contributed by atoms with Crippen LogP contribution < -0.4 is 24.5 Å². The van der Waals surface area contributed by atoms with Gasteiger partial charge in [-0.2, -0.15) is 0 Å². The van der Waals surface area contributed by atoms with E-state index in [4.69, 9.17) is 4.74 Å². The number of nitrogens with zero attached hydrogens (tertiary/aromatic N) is 5. The van der Waals surface area contributed by atoms with Crippen molar-refractivity contribution in [1.82, 2.24) is 0 Å². The van der Waals surface area contributed by atoms with Crippen LogP contribution in [0.2, 0.25) is 0 Å². The second kappa shape index (κ2) is 19.3. The lowest BCUT2D eigenvalue weighted by Crippen LogP contribution is -2.29. The number of anilines is 5. The summed E-state index contributed by atoms with van der Waals surface area (Å²) in [6.45, 7) is 8.74. The highest BCUT2D eigenvalue weighted by Crippen LogP contribution is 2.46. The fourth-order valence-electron chi connectivity index (χ4n) is 10.9. The van der Waals surface area contributed by atoms with Crippen LogP contribution in [-0.2, 0) is 10.3 Å². The second-order valence-electron chi connectivity index (χ2n) is 19.3. The topological polar surface area (TPSA) is 42.5 Å². The number of benzene rings is 5. The van der Waals surface area contributed by atoms with Gasteiger partial charge in [-0.1, -0.05) is 48.5 Å².